The molecule has 0 N–H and O–H groups in total. The summed E-state index contributed by atoms with van der Waals surface area (Å²) >= 11 is 0. The maximum absolute atomic E-state index is 13.3. The van der Waals surface area contributed by atoms with E-state index in [1.165, 1.54) is 22.9 Å². The molecule has 152 valence electrons. The van der Waals surface area contributed by atoms with Crippen molar-refractivity contribution in [3.8, 4) is 0 Å². The number of rotatable bonds is 3. The molecule has 1 aliphatic heterocycles. The van der Waals surface area contributed by atoms with Gasteiger partial charge in [-0.1, -0.05) is 43.2 Å². The van der Waals surface area contributed by atoms with Gasteiger partial charge in [-0.25, -0.2) is 4.98 Å². The largest absolute Gasteiger partial charge is 0.378 e. The highest BCUT2D eigenvalue weighted by Gasteiger charge is 2.24. The van der Waals surface area contributed by atoms with Crippen LogP contribution in [0.25, 0.3) is 5.78 Å². The van der Waals surface area contributed by atoms with Crippen LogP contribution in [-0.2, 0) is 24.1 Å². The van der Waals surface area contributed by atoms with Crippen LogP contribution in [-0.4, -0.2) is 45.5 Å². The Bertz CT molecular complexity index is 1050. The molecule has 0 spiro atoms. The first-order valence-corrected chi connectivity index (χ1v) is 10.7. The van der Waals surface area contributed by atoms with Crippen LogP contribution in [0, 0.1) is 0 Å². The molecule has 2 aliphatic rings. The third-order valence-electron chi connectivity index (χ3n) is 5.96. The molecule has 1 aromatic carbocycles. The lowest BCUT2D eigenvalue weighted by Crippen LogP contribution is -2.38. The first-order valence-electron chi connectivity index (χ1n) is 10.7. The van der Waals surface area contributed by atoms with Crippen molar-refractivity contribution in [1.29, 1.82) is 0 Å². The van der Waals surface area contributed by atoms with Gasteiger partial charge in [0.15, 0.2) is 0 Å². The van der Waals surface area contributed by atoms with Crippen molar-refractivity contribution in [1.82, 2.24) is 19.2 Å². The monoisotopic (exact) mass is 393 g/mol. The highest BCUT2D eigenvalue weighted by Crippen LogP contribution is 2.21. The zero-order valence-electron chi connectivity index (χ0n) is 16.7. The summed E-state index contributed by atoms with van der Waals surface area (Å²) < 4.78 is 9.16. The number of aromatic nitrogens is 4. The molecule has 0 saturated carbocycles. The Morgan fingerprint density at radius 1 is 0.966 bits per heavy atom. The quantitative estimate of drug-likeness (QED) is 0.684. The normalized spacial score (nSPS) is 17.7. The predicted molar refractivity (Wildman–Crippen MR) is 112 cm³/mol. The van der Waals surface area contributed by atoms with Crippen molar-refractivity contribution in [2.75, 3.05) is 31.2 Å². The van der Waals surface area contributed by atoms with Crippen molar-refractivity contribution >= 4 is 11.7 Å². The van der Waals surface area contributed by atoms with Crippen LogP contribution in [0.3, 0.4) is 0 Å². The van der Waals surface area contributed by atoms with Gasteiger partial charge in [-0.3, -0.25) is 9.36 Å². The first-order chi connectivity index (χ1) is 14.3. The third-order valence-corrected chi connectivity index (χ3v) is 5.96. The Morgan fingerprint density at radius 3 is 2.52 bits per heavy atom. The average Bonchev–Trinajstić information content (AvgIpc) is 3.09. The van der Waals surface area contributed by atoms with E-state index >= 15 is 0 Å². The Hall–Kier alpha value is -2.67. The third kappa shape index (κ3) is 3.55. The van der Waals surface area contributed by atoms with Gasteiger partial charge in [0.2, 0.25) is 11.7 Å². The van der Waals surface area contributed by atoms with Gasteiger partial charge in [-0.15, -0.1) is 5.10 Å². The van der Waals surface area contributed by atoms with E-state index in [1.807, 2.05) is 18.2 Å². The molecule has 0 bridgehead atoms. The number of nitrogens with zero attached hydrogens (tertiary/aromatic N) is 5. The molecule has 0 radical (unpaired) electrons. The summed E-state index contributed by atoms with van der Waals surface area (Å²) in [5, 5.41) is 4.77. The summed E-state index contributed by atoms with van der Waals surface area (Å²) in [6.07, 6.45) is 6.23. The van der Waals surface area contributed by atoms with Crippen molar-refractivity contribution < 1.29 is 4.74 Å². The van der Waals surface area contributed by atoms with Crippen LogP contribution in [0.5, 0.6) is 0 Å². The SMILES string of the molecule is O=c1c2c(nc3n(Cc4ccccc4)c(N4CCOCC4)nn13)CCCCCC2. The maximum atomic E-state index is 13.3. The highest BCUT2D eigenvalue weighted by atomic mass is 16.5. The zero-order valence-corrected chi connectivity index (χ0v) is 16.7. The number of ether oxygens (including phenoxy) is 1. The van der Waals surface area contributed by atoms with Gasteiger partial charge in [-0.2, -0.15) is 4.52 Å². The molecule has 7 nitrogen and oxygen atoms in total. The first kappa shape index (κ1) is 18.4. The van der Waals surface area contributed by atoms with E-state index in [1.54, 1.807) is 0 Å². The van der Waals surface area contributed by atoms with Gasteiger partial charge < -0.3 is 9.64 Å². The highest BCUT2D eigenvalue weighted by molar-refractivity contribution is 5.45. The molecule has 1 fully saturated rings. The fourth-order valence-electron chi connectivity index (χ4n) is 4.39. The molecule has 3 aromatic rings. The van der Waals surface area contributed by atoms with E-state index in [9.17, 15) is 4.79 Å². The molecule has 1 saturated heterocycles. The van der Waals surface area contributed by atoms with Crippen LogP contribution in [0.2, 0.25) is 0 Å². The number of hydrogen-bond donors (Lipinski definition) is 0. The summed E-state index contributed by atoms with van der Waals surface area (Å²) in [6, 6.07) is 10.3. The number of aryl methyl sites for hydroxylation is 1. The lowest BCUT2D eigenvalue weighted by molar-refractivity contribution is 0.121. The van der Waals surface area contributed by atoms with E-state index in [2.05, 4.69) is 21.6 Å². The van der Waals surface area contributed by atoms with Crippen molar-refractivity contribution in [2.24, 2.45) is 0 Å². The zero-order chi connectivity index (χ0) is 19.6. The second-order valence-corrected chi connectivity index (χ2v) is 7.94. The molecule has 1 aliphatic carbocycles. The van der Waals surface area contributed by atoms with Gasteiger partial charge in [0.05, 0.1) is 25.5 Å². The summed E-state index contributed by atoms with van der Waals surface area (Å²) in [5.74, 6) is 1.46. The van der Waals surface area contributed by atoms with Crippen molar-refractivity contribution in [3.05, 3.63) is 57.5 Å². The van der Waals surface area contributed by atoms with Crippen molar-refractivity contribution in [3.63, 3.8) is 0 Å². The minimum absolute atomic E-state index is 0.00761. The molecular weight excluding hydrogens is 366 g/mol. The molecule has 0 atom stereocenters. The second-order valence-electron chi connectivity index (χ2n) is 7.94. The van der Waals surface area contributed by atoms with Crippen LogP contribution >= 0.6 is 0 Å². The molecule has 7 heteroatoms. The van der Waals surface area contributed by atoms with Gasteiger partial charge in [-0.05, 0) is 31.2 Å². The summed E-state index contributed by atoms with van der Waals surface area (Å²) in [5.41, 5.74) is 3.01. The smallest absolute Gasteiger partial charge is 0.279 e. The number of morpholine rings is 1. The second kappa shape index (κ2) is 7.99. The van der Waals surface area contributed by atoms with E-state index in [-0.39, 0.29) is 5.56 Å². The minimum Gasteiger partial charge on any atom is -0.378 e. The summed E-state index contributed by atoms with van der Waals surface area (Å²) in [6.45, 7) is 3.53. The molecular formula is C22H27N5O2. The van der Waals surface area contributed by atoms with Crippen LogP contribution < -0.4 is 10.5 Å². The minimum atomic E-state index is 0.00761. The lowest BCUT2D eigenvalue weighted by Gasteiger charge is -2.27. The number of hydrogen-bond acceptors (Lipinski definition) is 5. The lowest BCUT2D eigenvalue weighted by atomic mass is 9.98. The van der Waals surface area contributed by atoms with E-state index in [0.29, 0.717) is 25.5 Å². The van der Waals surface area contributed by atoms with Crippen LogP contribution in [0.1, 0.15) is 42.5 Å². The molecule has 0 unspecified atom stereocenters. The summed E-state index contributed by atoms with van der Waals surface area (Å²) in [7, 11) is 0. The van der Waals surface area contributed by atoms with Crippen LogP contribution in [0.4, 0.5) is 5.95 Å². The van der Waals surface area contributed by atoms with Crippen molar-refractivity contribution in [2.45, 2.75) is 45.1 Å². The fraction of sp³-hybridized carbons (Fsp3) is 0.500. The number of fused-ring (bicyclic) bond motifs is 2. The van der Waals surface area contributed by atoms with Crippen LogP contribution in [0.15, 0.2) is 35.1 Å². The van der Waals surface area contributed by atoms with Gasteiger partial charge in [0.25, 0.3) is 5.56 Å². The fourth-order valence-corrected chi connectivity index (χ4v) is 4.39. The average molecular weight is 393 g/mol. The Morgan fingerprint density at radius 2 is 1.72 bits per heavy atom. The topological polar surface area (TPSA) is 64.7 Å². The predicted octanol–water partition coefficient (Wildman–Crippen LogP) is 2.43. The standard InChI is InChI=1S/C22H27N5O2/c28-20-18-10-6-1-2-7-11-19(18)23-21-26(16-17-8-4-3-5-9-17)22(24-27(20)21)25-12-14-29-15-13-25/h3-5,8-9H,1-2,6-7,10-16H2. The molecule has 2 aromatic heterocycles. The molecule has 5 rings (SSSR count). The van der Waals surface area contributed by atoms with Gasteiger partial charge in [0.1, 0.15) is 0 Å². The Labute approximate surface area is 169 Å². The van der Waals surface area contributed by atoms with Gasteiger partial charge >= 0.3 is 0 Å². The van der Waals surface area contributed by atoms with E-state index < -0.39 is 0 Å². The maximum Gasteiger partial charge on any atom is 0.279 e. The Balaban J connectivity index is 1.68. The van der Waals surface area contributed by atoms with E-state index in [0.717, 1.165) is 56.0 Å². The van der Waals surface area contributed by atoms with Gasteiger partial charge in [0, 0.05) is 18.7 Å². The molecule has 0 amide bonds. The summed E-state index contributed by atoms with van der Waals surface area (Å²) in [4.78, 5) is 20.5. The molecule has 29 heavy (non-hydrogen) atoms. The number of benzene rings is 1. The molecule has 3 heterocycles. The Kier molecular flexibility index (Phi) is 5.06. The number of anilines is 1. The van der Waals surface area contributed by atoms with E-state index in [4.69, 9.17) is 14.8 Å².